The van der Waals surface area contributed by atoms with E-state index in [1.54, 1.807) is 0 Å². The molecule has 0 aromatic heterocycles. The SMILES string of the molecule is CCC(C)NC(=O)C1(C(=O)NC2CC2)CC1. The standard InChI is InChI=1S/C12H20N2O2/c1-3-8(2)13-10(15)12(6-7-12)11(16)14-9-4-5-9/h8-9H,3-7H2,1-2H3,(H,13,15)(H,14,16). The Hall–Kier alpha value is -1.06. The molecule has 0 aliphatic heterocycles. The highest BCUT2D eigenvalue weighted by molar-refractivity contribution is 6.08. The number of hydrogen-bond donors (Lipinski definition) is 2. The van der Waals surface area contributed by atoms with Crippen LogP contribution in [0.1, 0.15) is 46.0 Å². The molecule has 0 bridgehead atoms. The first-order valence-corrected chi connectivity index (χ1v) is 6.20. The fraction of sp³-hybridized carbons (Fsp3) is 0.833. The van der Waals surface area contributed by atoms with Crippen molar-refractivity contribution in [2.75, 3.05) is 0 Å². The van der Waals surface area contributed by atoms with Crippen LogP contribution in [0.2, 0.25) is 0 Å². The molecule has 0 saturated heterocycles. The Morgan fingerprint density at radius 1 is 1.31 bits per heavy atom. The predicted octanol–water partition coefficient (Wildman–Crippen LogP) is 0.960. The van der Waals surface area contributed by atoms with E-state index in [1.165, 1.54) is 0 Å². The lowest BCUT2D eigenvalue weighted by atomic mass is 10.0. The van der Waals surface area contributed by atoms with Gasteiger partial charge in [-0.3, -0.25) is 9.59 Å². The van der Waals surface area contributed by atoms with Crippen molar-refractivity contribution in [1.29, 1.82) is 0 Å². The van der Waals surface area contributed by atoms with Crippen molar-refractivity contribution >= 4 is 11.8 Å². The molecule has 2 N–H and O–H groups in total. The van der Waals surface area contributed by atoms with Crippen molar-refractivity contribution in [3.63, 3.8) is 0 Å². The van der Waals surface area contributed by atoms with Crippen LogP contribution in [-0.4, -0.2) is 23.9 Å². The van der Waals surface area contributed by atoms with Crippen LogP contribution < -0.4 is 10.6 Å². The fourth-order valence-electron chi connectivity index (χ4n) is 1.70. The van der Waals surface area contributed by atoms with E-state index in [1.807, 2.05) is 13.8 Å². The topological polar surface area (TPSA) is 58.2 Å². The van der Waals surface area contributed by atoms with Crippen LogP contribution in [0.15, 0.2) is 0 Å². The van der Waals surface area contributed by atoms with E-state index in [0.717, 1.165) is 19.3 Å². The molecule has 1 atom stereocenters. The van der Waals surface area contributed by atoms with E-state index in [-0.39, 0.29) is 17.9 Å². The second-order valence-corrected chi connectivity index (χ2v) is 5.11. The van der Waals surface area contributed by atoms with Crippen molar-refractivity contribution in [1.82, 2.24) is 10.6 Å². The molecule has 2 aliphatic rings. The van der Waals surface area contributed by atoms with Crippen LogP contribution in [0.3, 0.4) is 0 Å². The Morgan fingerprint density at radius 2 is 1.94 bits per heavy atom. The minimum atomic E-state index is -0.730. The van der Waals surface area contributed by atoms with Gasteiger partial charge in [-0.1, -0.05) is 6.92 Å². The molecule has 0 aromatic rings. The highest BCUT2D eigenvalue weighted by Gasteiger charge is 2.57. The van der Waals surface area contributed by atoms with Crippen LogP contribution in [0.4, 0.5) is 0 Å². The second-order valence-electron chi connectivity index (χ2n) is 5.11. The maximum absolute atomic E-state index is 12.0. The highest BCUT2D eigenvalue weighted by Crippen LogP contribution is 2.46. The van der Waals surface area contributed by atoms with Gasteiger partial charge in [-0.15, -0.1) is 0 Å². The number of nitrogens with one attached hydrogen (secondary N) is 2. The Morgan fingerprint density at radius 3 is 2.38 bits per heavy atom. The Labute approximate surface area is 96.2 Å². The van der Waals surface area contributed by atoms with E-state index in [0.29, 0.717) is 18.9 Å². The molecule has 2 fully saturated rings. The monoisotopic (exact) mass is 224 g/mol. The van der Waals surface area contributed by atoms with E-state index in [9.17, 15) is 9.59 Å². The van der Waals surface area contributed by atoms with Gasteiger partial charge >= 0.3 is 0 Å². The molecular weight excluding hydrogens is 204 g/mol. The third-order valence-corrected chi connectivity index (χ3v) is 3.52. The summed E-state index contributed by atoms with van der Waals surface area (Å²) in [6.07, 6.45) is 4.43. The largest absolute Gasteiger partial charge is 0.353 e. The summed E-state index contributed by atoms with van der Waals surface area (Å²) in [5, 5.41) is 5.84. The molecule has 2 rings (SSSR count). The molecule has 1 unspecified atom stereocenters. The molecule has 0 spiro atoms. The molecule has 90 valence electrons. The van der Waals surface area contributed by atoms with Gasteiger partial charge in [0.05, 0.1) is 0 Å². The van der Waals surface area contributed by atoms with Gasteiger partial charge in [0.2, 0.25) is 11.8 Å². The zero-order valence-corrected chi connectivity index (χ0v) is 10.0. The van der Waals surface area contributed by atoms with Gasteiger partial charge in [0, 0.05) is 12.1 Å². The van der Waals surface area contributed by atoms with Crippen molar-refractivity contribution in [2.24, 2.45) is 5.41 Å². The summed E-state index contributed by atoms with van der Waals surface area (Å²) < 4.78 is 0. The lowest BCUT2D eigenvalue weighted by Crippen LogP contribution is -2.46. The average molecular weight is 224 g/mol. The van der Waals surface area contributed by atoms with Gasteiger partial charge in [0.25, 0.3) is 0 Å². The smallest absolute Gasteiger partial charge is 0.235 e. The normalized spacial score (nSPS) is 23.4. The Balaban J connectivity index is 1.90. The maximum atomic E-state index is 12.0. The predicted molar refractivity (Wildman–Crippen MR) is 60.7 cm³/mol. The Bertz CT molecular complexity index is 306. The first kappa shape index (κ1) is 11.4. The summed E-state index contributed by atoms with van der Waals surface area (Å²) in [5.41, 5.74) is -0.730. The van der Waals surface area contributed by atoms with Crippen LogP contribution >= 0.6 is 0 Å². The summed E-state index contributed by atoms with van der Waals surface area (Å²) in [6.45, 7) is 3.99. The summed E-state index contributed by atoms with van der Waals surface area (Å²) in [6, 6.07) is 0.486. The molecule has 2 saturated carbocycles. The summed E-state index contributed by atoms with van der Waals surface area (Å²) in [4.78, 5) is 23.9. The quantitative estimate of drug-likeness (QED) is 0.683. The number of hydrogen-bond acceptors (Lipinski definition) is 2. The molecule has 0 heterocycles. The third kappa shape index (κ3) is 2.20. The number of carbonyl (C=O) groups excluding carboxylic acids is 2. The average Bonchev–Trinajstić information content (AvgIpc) is 3.10. The zero-order chi connectivity index (χ0) is 11.8. The van der Waals surface area contributed by atoms with Gasteiger partial charge in [0.1, 0.15) is 5.41 Å². The molecule has 0 radical (unpaired) electrons. The van der Waals surface area contributed by atoms with Gasteiger partial charge in [-0.25, -0.2) is 0 Å². The fourth-order valence-corrected chi connectivity index (χ4v) is 1.70. The van der Waals surface area contributed by atoms with Gasteiger partial charge in [0.15, 0.2) is 0 Å². The first-order chi connectivity index (χ1) is 7.58. The maximum Gasteiger partial charge on any atom is 0.235 e. The van der Waals surface area contributed by atoms with E-state index < -0.39 is 5.41 Å². The minimum absolute atomic E-state index is 0.0594. The Kier molecular flexibility index (Phi) is 2.91. The van der Waals surface area contributed by atoms with Crippen molar-refractivity contribution < 1.29 is 9.59 Å². The number of carbonyl (C=O) groups is 2. The molecule has 2 amide bonds. The minimum Gasteiger partial charge on any atom is -0.353 e. The first-order valence-electron chi connectivity index (χ1n) is 6.20. The summed E-state index contributed by atoms with van der Waals surface area (Å²) >= 11 is 0. The second kappa shape index (κ2) is 4.07. The van der Waals surface area contributed by atoms with E-state index >= 15 is 0 Å². The molecule has 4 heteroatoms. The molecular formula is C12H20N2O2. The van der Waals surface area contributed by atoms with Crippen molar-refractivity contribution in [2.45, 2.75) is 58.0 Å². The van der Waals surface area contributed by atoms with Crippen LogP contribution in [0.25, 0.3) is 0 Å². The van der Waals surface area contributed by atoms with E-state index in [4.69, 9.17) is 0 Å². The molecule has 16 heavy (non-hydrogen) atoms. The van der Waals surface area contributed by atoms with Crippen molar-refractivity contribution in [3.05, 3.63) is 0 Å². The summed E-state index contributed by atoms with van der Waals surface area (Å²) in [7, 11) is 0. The van der Waals surface area contributed by atoms with Gasteiger partial charge in [-0.2, -0.15) is 0 Å². The highest BCUT2D eigenvalue weighted by atomic mass is 16.2. The number of rotatable bonds is 5. The van der Waals surface area contributed by atoms with Crippen LogP contribution in [0, 0.1) is 5.41 Å². The van der Waals surface area contributed by atoms with Gasteiger partial charge in [-0.05, 0) is 39.0 Å². The van der Waals surface area contributed by atoms with Crippen LogP contribution in [0.5, 0.6) is 0 Å². The summed E-state index contributed by atoms with van der Waals surface area (Å²) in [5.74, 6) is -0.143. The zero-order valence-electron chi connectivity index (χ0n) is 10.0. The molecule has 0 aromatic carbocycles. The van der Waals surface area contributed by atoms with Crippen LogP contribution in [-0.2, 0) is 9.59 Å². The van der Waals surface area contributed by atoms with Gasteiger partial charge < -0.3 is 10.6 Å². The molecule has 2 aliphatic carbocycles. The molecule has 4 nitrogen and oxygen atoms in total. The van der Waals surface area contributed by atoms with E-state index in [2.05, 4.69) is 10.6 Å². The lowest BCUT2D eigenvalue weighted by molar-refractivity contribution is -0.137. The number of amides is 2. The van der Waals surface area contributed by atoms with Crippen molar-refractivity contribution in [3.8, 4) is 0 Å². The lowest BCUT2D eigenvalue weighted by Gasteiger charge is -2.18. The third-order valence-electron chi connectivity index (χ3n) is 3.52.